The zero-order chi connectivity index (χ0) is 11.6. The molecule has 1 rings (SSSR count). The average molecular weight is 216 g/mol. The van der Waals surface area contributed by atoms with Crippen molar-refractivity contribution in [2.75, 3.05) is 6.54 Å². The third kappa shape index (κ3) is 2.45. The van der Waals surface area contributed by atoms with Crippen LogP contribution in [-0.4, -0.2) is 51.7 Å². The summed E-state index contributed by atoms with van der Waals surface area (Å²) >= 11 is 0. The van der Waals surface area contributed by atoms with Gasteiger partial charge in [0.25, 0.3) is 0 Å². The molecule has 0 spiro atoms. The quantitative estimate of drug-likeness (QED) is 0.548. The number of hydrogen-bond acceptors (Lipinski definition) is 4. The zero-order valence-corrected chi connectivity index (χ0v) is 8.59. The van der Waals surface area contributed by atoms with Crippen LogP contribution in [0.5, 0.6) is 0 Å². The van der Waals surface area contributed by atoms with Gasteiger partial charge >= 0.3 is 5.97 Å². The second kappa shape index (κ2) is 4.59. The standard InChI is InChI=1S/C9H16N2O4/c1-2-6(10)8(13)11-4-5(12)3-7(11)9(14)15/h5-7,12H,2-4,10H2,1H3,(H,14,15)/t5-,6?,7-/m0/s1. The molecule has 1 amide bonds. The third-order valence-corrected chi connectivity index (χ3v) is 2.60. The minimum atomic E-state index is -1.09. The summed E-state index contributed by atoms with van der Waals surface area (Å²) in [6.07, 6.45) is -0.228. The summed E-state index contributed by atoms with van der Waals surface area (Å²) in [6.45, 7) is 1.81. The van der Waals surface area contributed by atoms with E-state index in [-0.39, 0.29) is 13.0 Å². The van der Waals surface area contributed by atoms with Gasteiger partial charge in [-0.3, -0.25) is 4.79 Å². The first-order chi connectivity index (χ1) is 6.97. The Morgan fingerprint density at radius 1 is 1.60 bits per heavy atom. The molecule has 86 valence electrons. The normalized spacial score (nSPS) is 27.8. The Bertz CT molecular complexity index is 269. The maximum atomic E-state index is 11.7. The van der Waals surface area contributed by atoms with Crippen LogP contribution >= 0.6 is 0 Å². The first kappa shape index (κ1) is 11.9. The number of likely N-dealkylation sites (tertiary alicyclic amines) is 1. The molecular formula is C9H16N2O4. The van der Waals surface area contributed by atoms with Gasteiger partial charge in [0.15, 0.2) is 0 Å². The van der Waals surface area contributed by atoms with Crippen molar-refractivity contribution in [3.05, 3.63) is 0 Å². The Hall–Kier alpha value is -1.14. The number of carboxylic acid groups (broad SMARTS) is 1. The van der Waals surface area contributed by atoms with Crippen molar-refractivity contribution in [1.82, 2.24) is 4.90 Å². The minimum Gasteiger partial charge on any atom is -0.480 e. The highest BCUT2D eigenvalue weighted by atomic mass is 16.4. The van der Waals surface area contributed by atoms with Crippen LogP contribution in [0.25, 0.3) is 0 Å². The number of nitrogens with zero attached hydrogens (tertiary/aromatic N) is 1. The van der Waals surface area contributed by atoms with E-state index in [1.807, 2.05) is 0 Å². The van der Waals surface area contributed by atoms with E-state index in [9.17, 15) is 14.7 Å². The molecule has 0 aromatic rings. The SMILES string of the molecule is CCC(N)C(=O)N1C[C@@H](O)C[C@H]1C(=O)O. The summed E-state index contributed by atoms with van der Waals surface area (Å²) in [7, 11) is 0. The van der Waals surface area contributed by atoms with Crippen LogP contribution in [0, 0.1) is 0 Å². The molecule has 4 N–H and O–H groups in total. The largest absolute Gasteiger partial charge is 0.480 e. The molecule has 0 radical (unpaired) electrons. The highest BCUT2D eigenvalue weighted by Gasteiger charge is 2.39. The number of nitrogens with two attached hydrogens (primary N) is 1. The first-order valence-corrected chi connectivity index (χ1v) is 4.94. The monoisotopic (exact) mass is 216 g/mol. The number of amides is 1. The number of aliphatic hydroxyl groups excluding tert-OH is 1. The molecule has 15 heavy (non-hydrogen) atoms. The number of carbonyl (C=O) groups excluding carboxylic acids is 1. The van der Waals surface area contributed by atoms with Crippen LogP contribution in [0.15, 0.2) is 0 Å². The molecule has 6 heteroatoms. The number of aliphatic carboxylic acids is 1. The molecule has 0 aromatic heterocycles. The van der Waals surface area contributed by atoms with Crippen molar-refractivity contribution in [1.29, 1.82) is 0 Å². The van der Waals surface area contributed by atoms with Gasteiger partial charge in [-0.2, -0.15) is 0 Å². The van der Waals surface area contributed by atoms with Crippen molar-refractivity contribution >= 4 is 11.9 Å². The molecule has 1 saturated heterocycles. The number of β-amino-alcohol motifs (C(OH)–C–C–N with tert-alkyl or cyclic N) is 1. The molecule has 1 aliphatic rings. The number of rotatable bonds is 3. The summed E-state index contributed by atoms with van der Waals surface area (Å²) in [6, 6.07) is -1.62. The maximum absolute atomic E-state index is 11.7. The Kier molecular flexibility index (Phi) is 3.65. The smallest absolute Gasteiger partial charge is 0.326 e. The van der Waals surface area contributed by atoms with E-state index in [4.69, 9.17) is 10.8 Å². The van der Waals surface area contributed by atoms with Gasteiger partial charge in [0.1, 0.15) is 6.04 Å². The summed E-state index contributed by atoms with van der Waals surface area (Å²) in [4.78, 5) is 23.6. The van der Waals surface area contributed by atoms with Gasteiger partial charge in [0.2, 0.25) is 5.91 Å². The molecule has 1 aliphatic heterocycles. The molecule has 0 aliphatic carbocycles. The van der Waals surface area contributed by atoms with Gasteiger partial charge in [-0.25, -0.2) is 4.79 Å². The van der Waals surface area contributed by atoms with E-state index in [0.29, 0.717) is 6.42 Å². The Labute approximate surface area is 87.7 Å². The van der Waals surface area contributed by atoms with E-state index in [0.717, 1.165) is 4.90 Å². The molecule has 1 heterocycles. The Balaban J connectivity index is 2.75. The minimum absolute atomic E-state index is 0.0590. The van der Waals surface area contributed by atoms with Gasteiger partial charge in [0, 0.05) is 13.0 Å². The van der Waals surface area contributed by atoms with Crippen molar-refractivity contribution < 1.29 is 19.8 Å². The highest BCUT2D eigenvalue weighted by Crippen LogP contribution is 2.19. The maximum Gasteiger partial charge on any atom is 0.326 e. The predicted octanol–water partition coefficient (Wildman–Crippen LogP) is -1.23. The van der Waals surface area contributed by atoms with Crippen LogP contribution in [0.4, 0.5) is 0 Å². The Morgan fingerprint density at radius 3 is 2.67 bits per heavy atom. The molecule has 6 nitrogen and oxygen atoms in total. The fraction of sp³-hybridized carbons (Fsp3) is 0.778. The molecule has 0 aromatic carbocycles. The summed E-state index contributed by atoms with van der Waals surface area (Å²) in [5.41, 5.74) is 5.54. The molecule has 0 saturated carbocycles. The lowest BCUT2D eigenvalue weighted by Gasteiger charge is -2.23. The molecule has 1 fully saturated rings. The van der Waals surface area contributed by atoms with Crippen molar-refractivity contribution in [2.24, 2.45) is 5.73 Å². The number of aliphatic hydroxyl groups is 1. The van der Waals surface area contributed by atoms with Crippen LogP contribution < -0.4 is 5.73 Å². The third-order valence-electron chi connectivity index (χ3n) is 2.60. The molecule has 3 atom stereocenters. The molecule has 1 unspecified atom stereocenters. The van der Waals surface area contributed by atoms with Crippen LogP contribution in [0.2, 0.25) is 0 Å². The average Bonchev–Trinajstić information content (AvgIpc) is 2.58. The van der Waals surface area contributed by atoms with E-state index < -0.39 is 30.1 Å². The molecule has 0 bridgehead atoms. The van der Waals surface area contributed by atoms with E-state index >= 15 is 0 Å². The van der Waals surface area contributed by atoms with Crippen molar-refractivity contribution in [3.63, 3.8) is 0 Å². The summed E-state index contributed by atoms with van der Waals surface area (Å²) in [5.74, 6) is -1.50. The van der Waals surface area contributed by atoms with Gasteiger partial charge in [-0.05, 0) is 6.42 Å². The lowest BCUT2D eigenvalue weighted by Crippen LogP contribution is -2.48. The van der Waals surface area contributed by atoms with Gasteiger partial charge in [-0.1, -0.05) is 6.92 Å². The second-order valence-corrected chi connectivity index (χ2v) is 3.75. The van der Waals surface area contributed by atoms with Crippen LogP contribution in [-0.2, 0) is 9.59 Å². The fourth-order valence-electron chi connectivity index (χ4n) is 1.68. The number of carbonyl (C=O) groups is 2. The Morgan fingerprint density at radius 2 is 2.20 bits per heavy atom. The number of hydrogen-bond donors (Lipinski definition) is 3. The lowest BCUT2D eigenvalue weighted by molar-refractivity contribution is -0.148. The van der Waals surface area contributed by atoms with E-state index in [2.05, 4.69) is 0 Å². The number of carboxylic acids is 1. The van der Waals surface area contributed by atoms with Gasteiger partial charge in [0.05, 0.1) is 12.1 Å². The highest BCUT2D eigenvalue weighted by molar-refractivity contribution is 5.87. The molecular weight excluding hydrogens is 200 g/mol. The van der Waals surface area contributed by atoms with E-state index in [1.54, 1.807) is 6.92 Å². The second-order valence-electron chi connectivity index (χ2n) is 3.75. The summed E-state index contributed by atoms with van der Waals surface area (Å²) in [5, 5.41) is 18.2. The fourth-order valence-corrected chi connectivity index (χ4v) is 1.68. The topological polar surface area (TPSA) is 104 Å². The van der Waals surface area contributed by atoms with Gasteiger partial charge < -0.3 is 20.8 Å². The van der Waals surface area contributed by atoms with E-state index in [1.165, 1.54) is 0 Å². The van der Waals surface area contributed by atoms with Crippen LogP contribution in [0.3, 0.4) is 0 Å². The van der Waals surface area contributed by atoms with Crippen LogP contribution in [0.1, 0.15) is 19.8 Å². The lowest BCUT2D eigenvalue weighted by atomic mass is 10.1. The van der Waals surface area contributed by atoms with Crippen molar-refractivity contribution in [3.8, 4) is 0 Å². The van der Waals surface area contributed by atoms with Crippen molar-refractivity contribution in [2.45, 2.75) is 38.0 Å². The predicted molar refractivity (Wildman–Crippen MR) is 52.0 cm³/mol. The summed E-state index contributed by atoms with van der Waals surface area (Å²) < 4.78 is 0. The first-order valence-electron chi connectivity index (χ1n) is 4.94. The zero-order valence-electron chi connectivity index (χ0n) is 8.59. The van der Waals surface area contributed by atoms with Gasteiger partial charge in [-0.15, -0.1) is 0 Å².